The van der Waals surface area contributed by atoms with Gasteiger partial charge in [-0.1, -0.05) is 0 Å². The molecule has 2 heterocycles. The van der Waals surface area contributed by atoms with Crippen molar-refractivity contribution in [3.63, 3.8) is 0 Å². The molecular weight excluding hydrogens is 358 g/mol. The highest BCUT2D eigenvalue weighted by molar-refractivity contribution is 7.88. The van der Waals surface area contributed by atoms with Crippen LogP contribution in [0.3, 0.4) is 0 Å². The van der Waals surface area contributed by atoms with Gasteiger partial charge in [-0.3, -0.25) is 4.79 Å². The van der Waals surface area contributed by atoms with E-state index in [-0.39, 0.29) is 11.3 Å². The predicted molar refractivity (Wildman–Crippen MR) is 99.9 cm³/mol. The van der Waals surface area contributed by atoms with Crippen molar-refractivity contribution in [2.24, 2.45) is 5.41 Å². The van der Waals surface area contributed by atoms with E-state index in [1.165, 1.54) is 11.8 Å². The van der Waals surface area contributed by atoms with Crippen molar-refractivity contribution in [3.8, 4) is 0 Å². The van der Waals surface area contributed by atoms with Crippen LogP contribution in [0.2, 0.25) is 0 Å². The molecule has 1 aromatic heterocycles. The summed E-state index contributed by atoms with van der Waals surface area (Å²) in [5.41, 5.74) is 1.49. The van der Waals surface area contributed by atoms with Gasteiger partial charge in [0.1, 0.15) is 0 Å². The molecule has 0 unspecified atom stereocenters. The molecule has 1 spiro atoms. The standard InChI is InChI=1S/C17H27N3O3S2/c1-14(21)20(12-15-3-10-24-13-15)16-11-17(16)4-7-19(8-5-17)9-6-18-25(2,22)23/h3,10,13,16,18H,4-9,11-12H2,1-2H3/t16-/m1/s1. The van der Waals surface area contributed by atoms with E-state index in [0.717, 1.165) is 38.9 Å². The molecular formula is C17H27N3O3S2. The molecule has 6 nitrogen and oxygen atoms in total. The molecule has 1 aliphatic carbocycles. The molecule has 1 aliphatic heterocycles. The fraction of sp³-hybridized carbons (Fsp3) is 0.706. The van der Waals surface area contributed by atoms with Gasteiger partial charge >= 0.3 is 0 Å². The second-order valence-electron chi connectivity index (χ2n) is 7.37. The minimum Gasteiger partial charge on any atom is -0.335 e. The van der Waals surface area contributed by atoms with E-state index in [2.05, 4.69) is 26.4 Å². The molecule has 1 saturated heterocycles. The van der Waals surface area contributed by atoms with E-state index in [4.69, 9.17) is 0 Å². The number of hydrogen-bond acceptors (Lipinski definition) is 5. The quantitative estimate of drug-likeness (QED) is 0.772. The fourth-order valence-electron chi connectivity index (χ4n) is 3.94. The lowest BCUT2D eigenvalue weighted by molar-refractivity contribution is -0.130. The molecule has 1 N–H and O–H groups in total. The number of likely N-dealkylation sites (tertiary alicyclic amines) is 1. The summed E-state index contributed by atoms with van der Waals surface area (Å²) in [4.78, 5) is 16.5. The Morgan fingerprint density at radius 3 is 2.72 bits per heavy atom. The molecule has 0 bridgehead atoms. The summed E-state index contributed by atoms with van der Waals surface area (Å²) in [6.07, 6.45) is 4.47. The number of sulfonamides is 1. The van der Waals surface area contributed by atoms with E-state index in [1.807, 2.05) is 4.90 Å². The van der Waals surface area contributed by atoms with Crippen LogP contribution in [0.4, 0.5) is 0 Å². The van der Waals surface area contributed by atoms with E-state index in [9.17, 15) is 13.2 Å². The van der Waals surface area contributed by atoms with Gasteiger partial charge in [-0.2, -0.15) is 11.3 Å². The number of carbonyl (C=O) groups is 1. The Bertz CT molecular complexity index is 695. The number of amides is 1. The number of thiophene rings is 1. The van der Waals surface area contributed by atoms with Crippen molar-refractivity contribution in [1.29, 1.82) is 0 Å². The number of carbonyl (C=O) groups excluding carboxylic acids is 1. The number of rotatable bonds is 7. The Labute approximate surface area is 154 Å². The first-order valence-corrected chi connectivity index (χ1v) is 11.6. The third-order valence-electron chi connectivity index (χ3n) is 5.50. The van der Waals surface area contributed by atoms with Gasteiger partial charge in [-0.15, -0.1) is 0 Å². The van der Waals surface area contributed by atoms with Crippen LogP contribution >= 0.6 is 11.3 Å². The molecule has 25 heavy (non-hydrogen) atoms. The monoisotopic (exact) mass is 385 g/mol. The van der Waals surface area contributed by atoms with E-state index in [0.29, 0.717) is 19.1 Å². The Balaban J connectivity index is 1.49. The largest absolute Gasteiger partial charge is 0.335 e. The molecule has 0 aromatic carbocycles. The zero-order chi connectivity index (χ0) is 18.1. The van der Waals surface area contributed by atoms with E-state index in [1.54, 1.807) is 18.3 Å². The van der Waals surface area contributed by atoms with Crippen LogP contribution in [0, 0.1) is 5.41 Å². The maximum atomic E-state index is 12.1. The topological polar surface area (TPSA) is 69.7 Å². The second-order valence-corrected chi connectivity index (χ2v) is 9.98. The molecule has 1 saturated carbocycles. The Kier molecular flexibility index (Phi) is 5.53. The molecule has 1 amide bonds. The zero-order valence-corrected chi connectivity index (χ0v) is 16.5. The minimum absolute atomic E-state index is 0.160. The summed E-state index contributed by atoms with van der Waals surface area (Å²) < 4.78 is 24.8. The maximum Gasteiger partial charge on any atom is 0.220 e. The van der Waals surface area contributed by atoms with Gasteiger partial charge in [0.2, 0.25) is 15.9 Å². The molecule has 2 aliphatic rings. The number of nitrogens with zero attached hydrogens (tertiary/aromatic N) is 2. The van der Waals surface area contributed by atoms with Crippen molar-refractivity contribution in [2.45, 2.75) is 38.8 Å². The van der Waals surface area contributed by atoms with E-state index < -0.39 is 10.0 Å². The van der Waals surface area contributed by atoms with Gasteiger partial charge < -0.3 is 9.80 Å². The molecule has 140 valence electrons. The van der Waals surface area contributed by atoms with Gasteiger partial charge in [-0.25, -0.2) is 13.1 Å². The summed E-state index contributed by atoms with van der Waals surface area (Å²) in [6.45, 7) is 5.56. The summed E-state index contributed by atoms with van der Waals surface area (Å²) in [5, 5.41) is 4.17. The predicted octanol–water partition coefficient (Wildman–Crippen LogP) is 1.50. The average Bonchev–Trinajstić information content (AvgIpc) is 2.96. The van der Waals surface area contributed by atoms with Crippen molar-refractivity contribution in [2.75, 3.05) is 32.4 Å². The van der Waals surface area contributed by atoms with Crippen LogP contribution in [0.1, 0.15) is 31.7 Å². The van der Waals surface area contributed by atoms with Gasteiger partial charge in [0, 0.05) is 32.6 Å². The van der Waals surface area contributed by atoms with Crippen LogP contribution < -0.4 is 4.72 Å². The third-order valence-corrected chi connectivity index (χ3v) is 6.97. The summed E-state index contributed by atoms with van der Waals surface area (Å²) >= 11 is 1.67. The van der Waals surface area contributed by atoms with Crippen LogP contribution in [0.5, 0.6) is 0 Å². The smallest absolute Gasteiger partial charge is 0.220 e. The van der Waals surface area contributed by atoms with Gasteiger partial charge in [0.25, 0.3) is 0 Å². The van der Waals surface area contributed by atoms with Crippen LogP contribution in [-0.4, -0.2) is 62.6 Å². The molecule has 3 rings (SSSR count). The highest BCUT2D eigenvalue weighted by atomic mass is 32.2. The third kappa shape index (κ3) is 4.81. The SMILES string of the molecule is CC(=O)N(Cc1ccsc1)[C@@H]1CC12CCN(CCNS(C)(=O)=O)CC2. The Morgan fingerprint density at radius 2 is 2.16 bits per heavy atom. The molecule has 1 aromatic rings. The summed E-state index contributed by atoms with van der Waals surface area (Å²) in [5.74, 6) is 0.160. The van der Waals surface area contributed by atoms with Gasteiger partial charge in [0.05, 0.1) is 6.26 Å². The lowest BCUT2D eigenvalue weighted by Gasteiger charge is -2.34. The summed E-state index contributed by atoms with van der Waals surface area (Å²) in [6, 6.07) is 2.45. The summed E-state index contributed by atoms with van der Waals surface area (Å²) in [7, 11) is -3.11. The first kappa shape index (κ1) is 18.8. The van der Waals surface area contributed by atoms with Crippen LogP contribution in [0.15, 0.2) is 16.8 Å². The van der Waals surface area contributed by atoms with Gasteiger partial charge in [-0.05, 0) is 60.2 Å². The van der Waals surface area contributed by atoms with Crippen molar-refractivity contribution in [1.82, 2.24) is 14.5 Å². The zero-order valence-electron chi connectivity index (χ0n) is 14.9. The Hall–Kier alpha value is -0.960. The minimum atomic E-state index is -3.11. The van der Waals surface area contributed by atoms with Crippen LogP contribution in [0.25, 0.3) is 0 Å². The number of hydrogen-bond donors (Lipinski definition) is 1. The van der Waals surface area contributed by atoms with Crippen molar-refractivity contribution in [3.05, 3.63) is 22.4 Å². The Morgan fingerprint density at radius 1 is 1.44 bits per heavy atom. The van der Waals surface area contributed by atoms with Crippen molar-refractivity contribution < 1.29 is 13.2 Å². The maximum absolute atomic E-state index is 12.1. The average molecular weight is 386 g/mol. The highest BCUT2D eigenvalue weighted by Crippen LogP contribution is 2.56. The van der Waals surface area contributed by atoms with E-state index >= 15 is 0 Å². The second kappa shape index (κ2) is 7.34. The number of piperidine rings is 1. The molecule has 8 heteroatoms. The fourth-order valence-corrected chi connectivity index (χ4v) is 5.06. The van der Waals surface area contributed by atoms with Gasteiger partial charge in [0.15, 0.2) is 0 Å². The van der Waals surface area contributed by atoms with Crippen LogP contribution in [-0.2, 0) is 21.4 Å². The number of nitrogens with one attached hydrogen (secondary N) is 1. The highest BCUT2D eigenvalue weighted by Gasteiger charge is 2.58. The molecule has 0 radical (unpaired) electrons. The van der Waals surface area contributed by atoms with Crippen molar-refractivity contribution >= 4 is 27.3 Å². The normalized spacial score (nSPS) is 22.9. The first-order chi connectivity index (χ1) is 11.8. The lowest BCUT2D eigenvalue weighted by Crippen LogP contribution is -2.42. The lowest BCUT2D eigenvalue weighted by atomic mass is 9.92. The molecule has 2 fully saturated rings. The first-order valence-electron chi connectivity index (χ1n) is 8.74. The molecule has 1 atom stereocenters.